The van der Waals surface area contributed by atoms with Gasteiger partial charge in [0.2, 0.25) is 0 Å². The highest BCUT2D eigenvalue weighted by Crippen LogP contribution is 2.23. The number of nitrogens with one attached hydrogen (secondary N) is 1. The molecule has 3 nitrogen and oxygen atoms in total. The Morgan fingerprint density at radius 3 is 3.00 bits per heavy atom. The molecule has 21 heavy (non-hydrogen) atoms. The van der Waals surface area contributed by atoms with Crippen LogP contribution in [0, 0.1) is 6.92 Å². The number of piperazine rings is 1. The average Bonchev–Trinajstić information content (AvgIpc) is 2.89. The second kappa shape index (κ2) is 7.23. The SMILES string of the molecule is Cc1ccc(CNCCN2CC3CCCCN3CC2C)s1. The molecule has 3 rings (SSSR count). The lowest BCUT2D eigenvalue weighted by Gasteiger charge is -2.47. The summed E-state index contributed by atoms with van der Waals surface area (Å²) >= 11 is 1.91. The van der Waals surface area contributed by atoms with Crippen LogP contribution < -0.4 is 5.32 Å². The van der Waals surface area contributed by atoms with Crippen molar-refractivity contribution in [1.82, 2.24) is 15.1 Å². The molecule has 0 bridgehead atoms. The Morgan fingerprint density at radius 2 is 2.19 bits per heavy atom. The molecule has 2 saturated heterocycles. The second-order valence-corrected chi connectivity index (χ2v) is 8.05. The van der Waals surface area contributed by atoms with Crippen molar-refractivity contribution in [3.63, 3.8) is 0 Å². The van der Waals surface area contributed by atoms with Crippen molar-refractivity contribution in [2.75, 3.05) is 32.7 Å². The first-order chi connectivity index (χ1) is 10.2. The highest BCUT2D eigenvalue weighted by atomic mass is 32.1. The Labute approximate surface area is 133 Å². The molecule has 4 heteroatoms. The molecule has 0 radical (unpaired) electrons. The van der Waals surface area contributed by atoms with Gasteiger partial charge < -0.3 is 5.32 Å². The Morgan fingerprint density at radius 1 is 1.29 bits per heavy atom. The largest absolute Gasteiger partial charge is 0.311 e. The van der Waals surface area contributed by atoms with Crippen molar-refractivity contribution in [2.24, 2.45) is 0 Å². The summed E-state index contributed by atoms with van der Waals surface area (Å²) in [4.78, 5) is 8.29. The van der Waals surface area contributed by atoms with E-state index in [-0.39, 0.29) is 0 Å². The minimum absolute atomic E-state index is 0.713. The smallest absolute Gasteiger partial charge is 0.0300 e. The van der Waals surface area contributed by atoms with Gasteiger partial charge in [0.1, 0.15) is 0 Å². The van der Waals surface area contributed by atoms with Crippen molar-refractivity contribution < 1.29 is 0 Å². The normalized spacial score (nSPS) is 27.7. The fourth-order valence-corrected chi connectivity index (χ4v) is 4.60. The lowest BCUT2D eigenvalue weighted by molar-refractivity contribution is 0.0160. The van der Waals surface area contributed by atoms with Crippen molar-refractivity contribution >= 4 is 11.3 Å². The molecule has 0 aliphatic carbocycles. The summed E-state index contributed by atoms with van der Waals surface area (Å²) in [5.41, 5.74) is 0. The molecule has 118 valence electrons. The van der Waals surface area contributed by atoms with E-state index in [1.807, 2.05) is 11.3 Å². The van der Waals surface area contributed by atoms with Crippen LogP contribution in [0.2, 0.25) is 0 Å². The predicted octanol–water partition coefficient (Wildman–Crippen LogP) is 2.70. The second-order valence-electron chi connectivity index (χ2n) is 6.68. The molecule has 2 aliphatic heterocycles. The van der Waals surface area contributed by atoms with Crippen LogP contribution in [-0.2, 0) is 6.54 Å². The number of nitrogens with zero attached hydrogens (tertiary/aromatic N) is 2. The zero-order chi connectivity index (χ0) is 14.7. The standard InChI is InChI=1S/C17H29N3S/c1-14-12-20-9-4-3-5-16(20)13-19(14)10-8-18-11-17-7-6-15(2)21-17/h6-7,14,16,18H,3-5,8-13H2,1-2H3. The van der Waals surface area contributed by atoms with Gasteiger partial charge in [-0.1, -0.05) is 6.42 Å². The van der Waals surface area contributed by atoms with Crippen molar-refractivity contribution in [1.29, 1.82) is 0 Å². The number of rotatable bonds is 5. The summed E-state index contributed by atoms with van der Waals surface area (Å²) in [6, 6.07) is 6.00. The molecule has 2 aliphatic rings. The zero-order valence-electron chi connectivity index (χ0n) is 13.5. The first-order valence-corrected chi connectivity index (χ1v) is 9.28. The summed E-state index contributed by atoms with van der Waals surface area (Å²) < 4.78 is 0. The van der Waals surface area contributed by atoms with Gasteiger partial charge in [0, 0.05) is 54.6 Å². The quantitative estimate of drug-likeness (QED) is 0.844. The molecule has 1 aromatic rings. The predicted molar refractivity (Wildman–Crippen MR) is 91.0 cm³/mol. The third-order valence-electron chi connectivity index (χ3n) is 4.99. The Kier molecular flexibility index (Phi) is 5.33. The molecule has 2 fully saturated rings. The van der Waals surface area contributed by atoms with Gasteiger partial charge in [-0.05, 0) is 45.4 Å². The third kappa shape index (κ3) is 4.07. The van der Waals surface area contributed by atoms with E-state index in [4.69, 9.17) is 0 Å². The van der Waals surface area contributed by atoms with Gasteiger partial charge in [0.05, 0.1) is 0 Å². The maximum absolute atomic E-state index is 3.61. The zero-order valence-corrected chi connectivity index (χ0v) is 14.3. The van der Waals surface area contributed by atoms with Gasteiger partial charge in [-0.25, -0.2) is 0 Å². The van der Waals surface area contributed by atoms with E-state index in [1.54, 1.807) is 0 Å². The van der Waals surface area contributed by atoms with E-state index in [1.165, 1.54) is 55.2 Å². The van der Waals surface area contributed by atoms with Crippen molar-refractivity contribution in [3.05, 3.63) is 21.9 Å². The fourth-order valence-electron chi connectivity index (χ4n) is 3.74. The number of hydrogen-bond acceptors (Lipinski definition) is 4. The van der Waals surface area contributed by atoms with E-state index >= 15 is 0 Å². The maximum atomic E-state index is 3.61. The molecule has 0 saturated carbocycles. The van der Waals surface area contributed by atoms with E-state index in [0.29, 0.717) is 6.04 Å². The lowest BCUT2D eigenvalue weighted by Crippen LogP contribution is -2.59. The van der Waals surface area contributed by atoms with Crippen LogP contribution in [0.5, 0.6) is 0 Å². The van der Waals surface area contributed by atoms with Crippen LogP contribution in [0.25, 0.3) is 0 Å². The Hall–Kier alpha value is -0.420. The summed E-state index contributed by atoms with van der Waals surface area (Å²) in [6.07, 6.45) is 4.25. The molecule has 0 aromatic carbocycles. The van der Waals surface area contributed by atoms with Gasteiger partial charge in [-0.3, -0.25) is 9.80 Å². The van der Waals surface area contributed by atoms with E-state index in [9.17, 15) is 0 Å². The van der Waals surface area contributed by atoms with Gasteiger partial charge in [0.25, 0.3) is 0 Å². The molecule has 2 unspecified atom stereocenters. The van der Waals surface area contributed by atoms with Crippen LogP contribution in [0.4, 0.5) is 0 Å². The summed E-state index contributed by atoms with van der Waals surface area (Å²) in [5, 5.41) is 3.61. The molecular weight excluding hydrogens is 278 g/mol. The number of hydrogen-bond donors (Lipinski definition) is 1. The van der Waals surface area contributed by atoms with Crippen LogP contribution in [-0.4, -0.2) is 54.6 Å². The molecule has 3 heterocycles. The summed E-state index contributed by atoms with van der Waals surface area (Å²) in [7, 11) is 0. The number of thiophene rings is 1. The lowest BCUT2D eigenvalue weighted by atomic mass is 9.97. The third-order valence-corrected chi connectivity index (χ3v) is 5.99. The van der Waals surface area contributed by atoms with E-state index < -0.39 is 0 Å². The molecule has 0 amide bonds. The Balaban J connectivity index is 1.40. The number of fused-ring (bicyclic) bond motifs is 1. The minimum Gasteiger partial charge on any atom is -0.311 e. The van der Waals surface area contributed by atoms with Crippen LogP contribution in [0.15, 0.2) is 12.1 Å². The molecule has 0 spiro atoms. The van der Waals surface area contributed by atoms with Gasteiger partial charge in [-0.15, -0.1) is 11.3 Å². The topological polar surface area (TPSA) is 18.5 Å². The average molecular weight is 308 g/mol. The van der Waals surface area contributed by atoms with E-state index in [2.05, 4.69) is 41.1 Å². The maximum Gasteiger partial charge on any atom is 0.0300 e. The van der Waals surface area contributed by atoms with E-state index in [0.717, 1.165) is 19.1 Å². The van der Waals surface area contributed by atoms with Crippen LogP contribution in [0.3, 0.4) is 0 Å². The van der Waals surface area contributed by atoms with Gasteiger partial charge >= 0.3 is 0 Å². The van der Waals surface area contributed by atoms with Gasteiger partial charge in [0.15, 0.2) is 0 Å². The number of aryl methyl sites for hydroxylation is 1. The van der Waals surface area contributed by atoms with Crippen molar-refractivity contribution in [2.45, 2.75) is 51.7 Å². The Bertz CT molecular complexity index is 445. The van der Waals surface area contributed by atoms with Crippen LogP contribution in [0.1, 0.15) is 35.9 Å². The highest BCUT2D eigenvalue weighted by molar-refractivity contribution is 7.11. The highest BCUT2D eigenvalue weighted by Gasteiger charge is 2.32. The fraction of sp³-hybridized carbons (Fsp3) is 0.765. The molecular formula is C17H29N3S. The van der Waals surface area contributed by atoms with Gasteiger partial charge in [-0.2, -0.15) is 0 Å². The monoisotopic (exact) mass is 307 g/mol. The number of piperidine rings is 1. The molecule has 1 aromatic heterocycles. The molecule has 1 N–H and O–H groups in total. The molecule has 2 atom stereocenters. The minimum atomic E-state index is 0.713. The first-order valence-electron chi connectivity index (χ1n) is 8.46. The van der Waals surface area contributed by atoms with Crippen LogP contribution >= 0.6 is 11.3 Å². The first kappa shape index (κ1) is 15.5. The van der Waals surface area contributed by atoms with Crippen molar-refractivity contribution in [3.8, 4) is 0 Å². The summed E-state index contributed by atoms with van der Waals surface area (Å²) in [5.74, 6) is 0. The summed E-state index contributed by atoms with van der Waals surface area (Å²) in [6.45, 7) is 11.8.